The Kier molecular flexibility index (Phi) is 7.22. The first-order valence-corrected chi connectivity index (χ1v) is 11.3. The molecule has 3 unspecified atom stereocenters. The third-order valence-electron chi connectivity index (χ3n) is 6.71. The SMILES string of the molecule is CCC(C(=N)C(C)(C)C)C1(c2cc(NC(=O)c3ccc(OC)cn3)ccc2F)COCC1C. The Balaban J connectivity index is 2.01. The summed E-state index contributed by atoms with van der Waals surface area (Å²) in [5.41, 5.74) is 0.729. The van der Waals surface area contributed by atoms with Crippen molar-refractivity contribution >= 4 is 17.3 Å². The van der Waals surface area contributed by atoms with Crippen LogP contribution in [0.3, 0.4) is 0 Å². The van der Waals surface area contributed by atoms with Crippen LogP contribution in [0, 0.1) is 28.5 Å². The topological polar surface area (TPSA) is 84.3 Å². The summed E-state index contributed by atoms with van der Waals surface area (Å²) in [7, 11) is 1.53. The molecule has 1 amide bonds. The molecule has 7 heteroatoms. The minimum Gasteiger partial charge on any atom is -0.495 e. The highest BCUT2D eigenvalue weighted by molar-refractivity contribution is 6.03. The summed E-state index contributed by atoms with van der Waals surface area (Å²) < 4.78 is 26.3. The van der Waals surface area contributed by atoms with Crippen LogP contribution in [0.1, 0.15) is 57.1 Å². The van der Waals surface area contributed by atoms with Crippen LogP contribution in [-0.4, -0.2) is 36.9 Å². The van der Waals surface area contributed by atoms with Crippen LogP contribution >= 0.6 is 0 Å². The van der Waals surface area contributed by atoms with Gasteiger partial charge in [0.1, 0.15) is 17.3 Å². The zero-order valence-corrected chi connectivity index (χ0v) is 20.3. The molecular formula is C26H34FN3O3. The molecule has 3 atom stereocenters. The summed E-state index contributed by atoms with van der Waals surface area (Å²) in [6.07, 6.45) is 2.16. The van der Waals surface area contributed by atoms with Crippen molar-refractivity contribution in [2.75, 3.05) is 25.6 Å². The van der Waals surface area contributed by atoms with E-state index in [2.05, 4.69) is 17.2 Å². The lowest BCUT2D eigenvalue weighted by Crippen LogP contribution is -2.48. The standard InChI is InChI=1S/C26H34FN3O3/c1-7-19(23(28)25(3,4)5)26(15-33-14-16(26)2)20-12-17(8-10-21(20)27)30-24(31)22-11-9-18(32-6)13-29-22/h8-13,16,19,28H,7,14-15H2,1-6H3,(H,30,31). The molecular weight excluding hydrogens is 421 g/mol. The smallest absolute Gasteiger partial charge is 0.274 e. The van der Waals surface area contributed by atoms with Crippen LogP contribution in [0.25, 0.3) is 0 Å². The Morgan fingerprint density at radius 2 is 2.09 bits per heavy atom. The first kappa shape index (κ1) is 24.8. The molecule has 33 heavy (non-hydrogen) atoms. The highest BCUT2D eigenvalue weighted by Crippen LogP contribution is 2.49. The van der Waals surface area contributed by atoms with Crippen molar-refractivity contribution < 1.29 is 18.7 Å². The van der Waals surface area contributed by atoms with Crippen LogP contribution in [0.15, 0.2) is 36.5 Å². The highest BCUT2D eigenvalue weighted by Gasteiger charge is 2.52. The van der Waals surface area contributed by atoms with Crippen LogP contribution in [0.5, 0.6) is 5.75 Å². The predicted octanol–water partition coefficient (Wildman–Crippen LogP) is 5.48. The number of hydrogen-bond acceptors (Lipinski definition) is 5. The number of carbonyl (C=O) groups excluding carboxylic acids is 1. The largest absolute Gasteiger partial charge is 0.495 e. The first-order chi connectivity index (χ1) is 15.5. The van der Waals surface area contributed by atoms with Gasteiger partial charge in [-0.05, 0) is 53.6 Å². The Morgan fingerprint density at radius 3 is 2.61 bits per heavy atom. The number of carbonyl (C=O) groups is 1. The minimum atomic E-state index is -0.692. The van der Waals surface area contributed by atoms with E-state index in [1.807, 2.05) is 27.7 Å². The van der Waals surface area contributed by atoms with Gasteiger partial charge in [0, 0.05) is 22.7 Å². The minimum absolute atomic E-state index is 0.00820. The van der Waals surface area contributed by atoms with Gasteiger partial charge in [0.2, 0.25) is 0 Å². The van der Waals surface area contributed by atoms with Crippen molar-refractivity contribution in [1.29, 1.82) is 5.41 Å². The number of benzene rings is 1. The number of pyridine rings is 1. The Labute approximate surface area is 195 Å². The molecule has 1 fully saturated rings. The summed E-state index contributed by atoms with van der Waals surface area (Å²) in [5, 5.41) is 11.8. The molecule has 2 N–H and O–H groups in total. The van der Waals surface area contributed by atoms with Gasteiger partial charge in [-0.25, -0.2) is 9.37 Å². The lowest BCUT2D eigenvalue weighted by Gasteiger charge is -2.43. The highest BCUT2D eigenvalue weighted by atomic mass is 19.1. The third kappa shape index (κ3) is 4.78. The molecule has 1 aliphatic heterocycles. The van der Waals surface area contributed by atoms with Crippen molar-refractivity contribution in [1.82, 2.24) is 4.98 Å². The second kappa shape index (κ2) is 9.59. The molecule has 2 aromatic rings. The lowest BCUT2D eigenvalue weighted by molar-refractivity contribution is 0.102. The molecule has 6 nitrogen and oxygen atoms in total. The van der Waals surface area contributed by atoms with Gasteiger partial charge < -0.3 is 20.2 Å². The maximum Gasteiger partial charge on any atom is 0.274 e. The van der Waals surface area contributed by atoms with E-state index in [1.54, 1.807) is 24.3 Å². The van der Waals surface area contributed by atoms with E-state index in [0.29, 0.717) is 42.3 Å². The van der Waals surface area contributed by atoms with E-state index in [0.717, 1.165) is 0 Å². The average molecular weight is 456 g/mol. The van der Waals surface area contributed by atoms with Crippen molar-refractivity contribution in [2.45, 2.75) is 46.5 Å². The Bertz CT molecular complexity index is 1020. The van der Waals surface area contributed by atoms with Gasteiger partial charge in [0.15, 0.2) is 0 Å². The number of anilines is 1. The van der Waals surface area contributed by atoms with Gasteiger partial charge in [0.25, 0.3) is 5.91 Å². The van der Waals surface area contributed by atoms with Crippen molar-refractivity contribution in [2.24, 2.45) is 17.3 Å². The normalized spacial score (nSPS) is 21.5. The lowest BCUT2D eigenvalue weighted by atomic mass is 9.59. The number of nitrogens with zero attached hydrogens (tertiary/aromatic N) is 1. The molecule has 1 aromatic carbocycles. The quantitative estimate of drug-likeness (QED) is 0.542. The van der Waals surface area contributed by atoms with Gasteiger partial charge in [-0.15, -0.1) is 0 Å². The Morgan fingerprint density at radius 1 is 1.36 bits per heavy atom. The molecule has 0 radical (unpaired) electrons. The zero-order chi connectivity index (χ0) is 24.4. The monoisotopic (exact) mass is 455 g/mol. The van der Waals surface area contributed by atoms with E-state index in [9.17, 15) is 4.79 Å². The van der Waals surface area contributed by atoms with Crippen molar-refractivity contribution in [3.05, 3.63) is 53.6 Å². The number of hydrogen-bond donors (Lipinski definition) is 2. The molecule has 0 saturated carbocycles. The van der Waals surface area contributed by atoms with Gasteiger partial charge in [-0.3, -0.25) is 4.79 Å². The van der Waals surface area contributed by atoms with E-state index in [-0.39, 0.29) is 28.8 Å². The number of halogens is 1. The van der Waals surface area contributed by atoms with Gasteiger partial charge >= 0.3 is 0 Å². The zero-order valence-electron chi connectivity index (χ0n) is 20.3. The third-order valence-corrected chi connectivity index (χ3v) is 6.71. The molecule has 2 heterocycles. The molecule has 0 bridgehead atoms. The maximum absolute atomic E-state index is 15.4. The number of amides is 1. The summed E-state index contributed by atoms with van der Waals surface area (Å²) in [4.78, 5) is 16.9. The van der Waals surface area contributed by atoms with E-state index < -0.39 is 11.3 Å². The van der Waals surface area contributed by atoms with Gasteiger partial charge in [0.05, 0.1) is 26.5 Å². The van der Waals surface area contributed by atoms with Crippen LogP contribution < -0.4 is 10.1 Å². The number of ether oxygens (including phenoxy) is 2. The van der Waals surface area contributed by atoms with Crippen molar-refractivity contribution in [3.8, 4) is 5.75 Å². The van der Waals surface area contributed by atoms with Crippen molar-refractivity contribution in [3.63, 3.8) is 0 Å². The van der Waals surface area contributed by atoms with Gasteiger partial charge in [-0.2, -0.15) is 0 Å². The van der Waals surface area contributed by atoms with E-state index in [4.69, 9.17) is 14.9 Å². The number of methoxy groups -OCH3 is 1. The first-order valence-electron chi connectivity index (χ1n) is 11.3. The molecule has 1 saturated heterocycles. The molecule has 1 aliphatic rings. The summed E-state index contributed by atoms with van der Waals surface area (Å²) in [5.74, 6) is -0.380. The fourth-order valence-electron chi connectivity index (χ4n) is 4.81. The molecule has 0 spiro atoms. The molecule has 1 aromatic heterocycles. The van der Waals surface area contributed by atoms with E-state index >= 15 is 4.39 Å². The van der Waals surface area contributed by atoms with Crippen LogP contribution in [0.4, 0.5) is 10.1 Å². The summed E-state index contributed by atoms with van der Waals surface area (Å²) in [6, 6.07) is 7.86. The van der Waals surface area contributed by atoms with E-state index in [1.165, 1.54) is 19.4 Å². The van der Waals surface area contributed by atoms with Crippen LogP contribution in [-0.2, 0) is 10.2 Å². The number of aromatic nitrogens is 1. The second-order valence-electron chi connectivity index (χ2n) is 9.81. The fourth-order valence-corrected chi connectivity index (χ4v) is 4.81. The Hall–Kier alpha value is -2.80. The summed E-state index contributed by atoms with van der Waals surface area (Å²) in [6.45, 7) is 11.0. The molecule has 3 rings (SSSR count). The predicted molar refractivity (Wildman–Crippen MR) is 128 cm³/mol. The number of nitrogens with one attached hydrogen (secondary N) is 2. The molecule has 0 aliphatic carbocycles. The average Bonchev–Trinajstić information content (AvgIpc) is 3.16. The number of rotatable bonds is 7. The second-order valence-corrected chi connectivity index (χ2v) is 9.81. The maximum atomic E-state index is 15.4. The van der Waals surface area contributed by atoms with Crippen LogP contribution in [0.2, 0.25) is 0 Å². The molecule has 178 valence electrons. The fraction of sp³-hybridized carbons (Fsp3) is 0.500. The van der Waals surface area contributed by atoms with Gasteiger partial charge in [-0.1, -0.05) is 34.6 Å². The summed E-state index contributed by atoms with van der Waals surface area (Å²) >= 11 is 0.